The van der Waals surface area contributed by atoms with Gasteiger partial charge < -0.3 is 9.73 Å². The number of nitrogens with one attached hydrogen (secondary N) is 1. The highest BCUT2D eigenvalue weighted by atomic mass is 19.1. The Kier molecular flexibility index (Phi) is 3.33. The van der Waals surface area contributed by atoms with Crippen molar-refractivity contribution >= 4 is 16.8 Å². The minimum atomic E-state index is -0.368. The van der Waals surface area contributed by atoms with Crippen molar-refractivity contribution in [2.45, 2.75) is 19.8 Å². The summed E-state index contributed by atoms with van der Waals surface area (Å²) >= 11 is 0. The van der Waals surface area contributed by atoms with Crippen molar-refractivity contribution in [1.82, 2.24) is 9.97 Å². The quantitative estimate of drug-likeness (QED) is 0.783. The third-order valence-corrected chi connectivity index (χ3v) is 3.43. The number of para-hydroxylation sites is 1. The molecule has 4 nitrogen and oxygen atoms in total. The Labute approximate surface area is 122 Å². The summed E-state index contributed by atoms with van der Waals surface area (Å²) in [5, 5.41) is 3.79. The summed E-state index contributed by atoms with van der Waals surface area (Å²) in [6.45, 7) is 4.12. The van der Waals surface area contributed by atoms with Gasteiger partial charge in [-0.15, -0.1) is 0 Å². The second kappa shape index (κ2) is 5.16. The molecule has 3 aromatic rings. The van der Waals surface area contributed by atoms with Gasteiger partial charge in [0.15, 0.2) is 17.2 Å². The monoisotopic (exact) mass is 285 g/mol. The summed E-state index contributed by atoms with van der Waals surface area (Å²) in [4.78, 5) is 8.57. The number of aromatic nitrogens is 2. The van der Waals surface area contributed by atoms with Crippen LogP contribution in [0, 0.1) is 5.82 Å². The topological polar surface area (TPSA) is 51.0 Å². The molecule has 0 saturated carbocycles. The summed E-state index contributed by atoms with van der Waals surface area (Å²) < 4.78 is 19.5. The lowest BCUT2D eigenvalue weighted by Crippen LogP contribution is -2.04. The lowest BCUT2D eigenvalue weighted by atomic mass is 10.0. The van der Waals surface area contributed by atoms with Gasteiger partial charge >= 0.3 is 0 Å². The molecule has 108 valence electrons. The number of nitrogens with zero attached hydrogens (tertiary/aromatic N) is 2. The molecule has 0 spiro atoms. The summed E-state index contributed by atoms with van der Waals surface area (Å²) in [7, 11) is 1.82. The van der Waals surface area contributed by atoms with Gasteiger partial charge in [-0.3, -0.25) is 0 Å². The molecule has 1 N–H and O–H groups in total. The van der Waals surface area contributed by atoms with Crippen molar-refractivity contribution in [3.63, 3.8) is 0 Å². The minimum absolute atomic E-state index is 0.210. The van der Waals surface area contributed by atoms with Crippen LogP contribution in [0.3, 0.4) is 0 Å². The molecule has 21 heavy (non-hydrogen) atoms. The highest BCUT2D eigenvalue weighted by molar-refractivity contribution is 5.83. The second-order valence-corrected chi connectivity index (χ2v) is 5.16. The lowest BCUT2D eigenvalue weighted by Gasteiger charge is -2.13. The molecule has 0 radical (unpaired) electrons. The van der Waals surface area contributed by atoms with Crippen LogP contribution >= 0.6 is 0 Å². The van der Waals surface area contributed by atoms with Gasteiger partial charge in [0.05, 0.1) is 0 Å². The van der Waals surface area contributed by atoms with Gasteiger partial charge in [-0.05, 0) is 18.1 Å². The Morgan fingerprint density at radius 1 is 1.24 bits per heavy atom. The van der Waals surface area contributed by atoms with E-state index >= 15 is 0 Å². The molecule has 5 heteroatoms. The molecule has 0 unspecified atom stereocenters. The smallest absolute Gasteiger partial charge is 0.170 e. The van der Waals surface area contributed by atoms with Crippen LogP contribution in [-0.4, -0.2) is 17.0 Å². The van der Waals surface area contributed by atoms with Crippen LogP contribution in [0.1, 0.15) is 25.3 Å². The second-order valence-electron chi connectivity index (χ2n) is 5.16. The zero-order chi connectivity index (χ0) is 15.0. The van der Waals surface area contributed by atoms with E-state index in [0.717, 1.165) is 16.8 Å². The number of rotatable bonds is 3. The Bertz CT molecular complexity index is 795. The molecular formula is C16H16FN3O. The molecule has 0 atom stereocenters. The van der Waals surface area contributed by atoms with E-state index in [0.29, 0.717) is 11.5 Å². The average Bonchev–Trinajstić information content (AvgIpc) is 2.91. The fraction of sp³-hybridized carbons (Fsp3) is 0.250. The Morgan fingerprint density at radius 2 is 2.05 bits per heavy atom. The predicted molar refractivity (Wildman–Crippen MR) is 80.8 cm³/mol. The lowest BCUT2D eigenvalue weighted by molar-refractivity contribution is 0.566. The Balaban J connectivity index is 2.25. The van der Waals surface area contributed by atoms with Gasteiger partial charge in [0, 0.05) is 18.0 Å². The van der Waals surface area contributed by atoms with Gasteiger partial charge in [-0.25, -0.2) is 14.4 Å². The number of furan rings is 1. The third kappa shape index (κ3) is 2.24. The first kappa shape index (κ1) is 13.5. The summed E-state index contributed by atoms with van der Waals surface area (Å²) in [6, 6.07) is 6.68. The van der Waals surface area contributed by atoms with Gasteiger partial charge in [-0.2, -0.15) is 0 Å². The number of hydrogen-bond donors (Lipinski definition) is 1. The molecule has 1 aromatic carbocycles. The standard InChI is InChI=1S/C16H16FN3O/c1-9(2)13-14(19-8-20-16(13)18-3)12-7-10-5-4-6-11(17)15(10)21-12/h4-9H,1-3H3,(H,18,19,20). The number of hydrogen-bond acceptors (Lipinski definition) is 4. The number of halogens is 1. The molecule has 0 aliphatic rings. The Morgan fingerprint density at radius 3 is 2.71 bits per heavy atom. The fourth-order valence-electron chi connectivity index (χ4n) is 2.48. The van der Waals surface area contributed by atoms with Gasteiger partial charge in [0.1, 0.15) is 17.8 Å². The highest BCUT2D eigenvalue weighted by Gasteiger charge is 2.19. The van der Waals surface area contributed by atoms with Crippen molar-refractivity contribution in [1.29, 1.82) is 0 Å². The zero-order valence-corrected chi connectivity index (χ0v) is 12.1. The van der Waals surface area contributed by atoms with Gasteiger partial charge in [0.2, 0.25) is 0 Å². The summed E-state index contributed by atoms with van der Waals surface area (Å²) in [5.74, 6) is 1.16. The van der Waals surface area contributed by atoms with E-state index < -0.39 is 0 Å². The van der Waals surface area contributed by atoms with Crippen molar-refractivity contribution in [3.05, 3.63) is 42.0 Å². The first-order valence-corrected chi connectivity index (χ1v) is 6.83. The van der Waals surface area contributed by atoms with Crippen molar-refractivity contribution < 1.29 is 8.81 Å². The molecule has 0 fully saturated rings. The summed E-state index contributed by atoms with van der Waals surface area (Å²) in [6.07, 6.45) is 1.48. The van der Waals surface area contributed by atoms with E-state index in [1.807, 2.05) is 19.2 Å². The van der Waals surface area contributed by atoms with Crippen LogP contribution in [0.4, 0.5) is 10.2 Å². The number of fused-ring (bicyclic) bond motifs is 1. The molecule has 0 saturated heterocycles. The first-order valence-electron chi connectivity index (χ1n) is 6.83. The largest absolute Gasteiger partial charge is 0.451 e. The minimum Gasteiger partial charge on any atom is -0.451 e. The molecular weight excluding hydrogens is 269 g/mol. The molecule has 2 heterocycles. The predicted octanol–water partition coefficient (Wildman–Crippen LogP) is 4.19. The van der Waals surface area contributed by atoms with Crippen LogP contribution < -0.4 is 5.32 Å². The van der Waals surface area contributed by atoms with Crippen LogP contribution in [0.25, 0.3) is 22.4 Å². The third-order valence-electron chi connectivity index (χ3n) is 3.43. The number of anilines is 1. The van der Waals surface area contributed by atoms with Gasteiger partial charge in [0.25, 0.3) is 0 Å². The first-order chi connectivity index (χ1) is 10.1. The summed E-state index contributed by atoms with van der Waals surface area (Å²) in [5.41, 5.74) is 1.91. The molecule has 0 amide bonds. The van der Waals surface area contributed by atoms with Crippen LogP contribution in [0.15, 0.2) is 35.0 Å². The Hall–Kier alpha value is -2.43. The fourth-order valence-corrected chi connectivity index (χ4v) is 2.48. The van der Waals surface area contributed by atoms with Crippen LogP contribution in [0.5, 0.6) is 0 Å². The molecule has 0 aliphatic heterocycles. The van der Waals surface area contributed by atoms with Crippen LogP contribution in [-0.2, 0) is 0 Å². The maximum atomic E-state index is 13.8. The van der Waals surface area contributed by atoms with E-state index in [-0.39, 0.29) is 17.3 Å². The molecule has 0 aliphatic carbocycles. The van der Waals surface area contributed by atoms with E-state index in [1.54, 1.807) is 6.07 Å². The van der Waals surface area contributed by atoms with Crippen LogP contribution in [0.2, 0.25) is 0 Å². The average molecular weight is 285 g/mol. The van der Waals surface area contributed by atoms with E-state index in [1.165, 1.54) is 12.4 Å². The van der Waals surface area contributed by atoms with Crippen molar-refractivity contribution in [3.8, 4) is 11.5 Å². The molecule has 3 rings (SSSR count). The molecule has 0 bridgehead atoms. The molecule has 2 aromatic heterocycles. The highest BCUT2D eigenvalue weighted by Crippen LogP contribution is 2.35. The van der Waals surface area contributed by atoms with Crippen molar-refractivity contribution in [2.24, 2.45) is 0 Å². The van der Waals surface area contributed by atoms with E-state index in [4.69, 9.17) is 4.42 Å². The SMILES string of the molecule is CNc1ncnc(-c2cc3cccc(F)c3o2)c1C(C)C. The van der Waals surface area contributed by atoms with Gasteiger partial charge in [-0.1, -0.05) is 26.0 Å². The van der Waals surface area contributed by atoms with E-state index in [2.05, 4.69) is 29.1 Å². The maximum Gasteiger partial charge on any atom is 0.170 e. The number of benzene rings is 1. The van der Waals surface area contributed by atoms with Crippen molar-refractivity contribution in [2.75, 3.05) is 12.4 Å². The maximum absolute atomic E-state index is 13.8. The normalized spacial score (nSPS) is 11.3. The zero-order valence-electron chi connectivity index (χ0n) is 12.1. The van der Waals surface area contributed by atoms with E-state index in [9.17, 15) is 4.39 Å².